The van der Waals surface area contributed by atoms with Crippen molar-refractivity contribution in [3.63, 3.8) is 0 Å². The molecule has 1 aliphatic carbocycles. The highest BCUT2D eigenvalue weighted by molar-refractivity contribution is 5.71. The van der Waals surface area contributed by atoms with Crippen LogP contribution in [0.5, 0.6) is 0 Å². The van der Waals surface area contributed by atoms with Crippen LogP contribution in [0.3, 0.4) is 0 Å². The van der Waals surface area contributed by atoms with E-state index in [1.807, 2.05) is 6.92 Å². The minimum atomic E-state index is -0.0486. The van der Waals surface area contributed by atoms with Crippen molar-refractivity contribution < 1.29 is 9.53 Å². The maximum Gasteiger partial charge on any atom is 0.306 e. The molecule has 84 valence electrons. The van der Waals surface area contributed by atoms with Gasteiger partial charge in [0.15, 0.2) is 0 Å². The van der Waals surface area contributed by atoms with Crippen LogP contribution >= 0.6 is 0 Å². The molecule has 2 heteroatoms. The van der Waals surface area contributed by atoms with Crippen LogP contribution in [0.2, 0.25) is 0 Å². The number of benzene rings is 1. The van der Waals surface area contributed by atoms with Crippen LogP contribution in [-0.4, -0.2) is 12.1 Å². The Balaban J connectivity index is 0.000000125. The summed E-state index contributed by atoms with van der Waals surface area (Å²) in [4.78, 5) is 10.2. The number of hydrogen-bond acceptors (Lipinski definition) is 2. The first-order valence-corrected chi connectivity index (χ1v) is 5.69. The van der Waals surface area contributed by atoms with Crippen LogP contribution in [0, 0.1) is 0 Å². The molecule has 1 unspecified atom stereocenters. The lowest BCUT2D eigenvalue weighted by Crippen LogP contribution is -1.98. The minimum Gasteiger partial charge on any atom is -0.463 e. The standard InChI is InChI=1S/C9H8.C5H8O2/c1-2-5-9-7-3-6-8(9)4-1;1-4-2-3-5(6)7-4/h1-6H,7H2;4H,2-3H2,1H3. The third-order valence-corrected chi connectivity index (χ3v) is 2.78. The highest BCUT2D eigenvalue weighted by atomic mass is 16.5. The number of fused-ring (bicyclic) bond motifs is 1. The van der Waals surface area contributed by atoms with Crippen LogP contribution in [0.1, 0.15) is 30.9 Å². The van der Waals surface area contributed by atoms with Gasteiger partial charge in [-0.3, -0.25) is 4.79 Å². The molecule has 0 radical (unpaired) electrons. The van der Waals surface area contributed by atoms with E-state index in [4.69, 9.17) is 4.74 Å². The molecule has 0 bridgehead atoms. The molecule has 0 spiro atoms. The van der Waals surface area contributed by atoms with Gasteiger partial charge in [0.25, 0.3) is 0 Å². The van der Waals surface area contributed by atoms with Crippen LogP contribution < -0.4 is 0 Å². The number of esters is 1. The molecule has 2 nitrogen and oxygen atoms in total. The summed E-state index contributed by atoms with van der Waals surface area (Å²) in [6.45, 7) is 1.91. The summed E-state index contributed by atoms with van der Waals surface area (Å²) >= 11 is 0. The SMILES string of the molecule is C1=Cc2ccccc2C1.CC1CCC(=O)O1. The van der Waals surface area contributed by atoms with Gasteiger partial charge in [0, 0.05) is 6.42 Å². The van der Waals surface area contributed by atoms with Gasteiger partial charge >= 0.3 is 5.97 Å². The smallest absolute Gasteiger partial charge is 0.306 e. The molecule has 1 saturated heterocycles. The molecule has 2 aliphatic rings. The van der Waals surface area contributed by atoms with E-state index in [-0.39, 0.29) is 12.1 Å². The van der Waals surface area contributed by atoms with Gasteiger partial charge in [-0.1, -0.05) is 36.4 Å². The van der Waals surface area contributed by atoms with Crippen molar-refractivity contribution in [1.82, 2.24) is 0 Å². The Labute approximate surface area is 95.9 Å². The molecule has 0 saturated carbocycles. The van der Waals surface area contributed by atoms with E-state index in [0.29, 0.717) is 6.42 Å². The summed E-state index contributed by atoms with van der Waals surface area (Å²) in [5.41, 5.74) is 2.84. The van der Waals surface area contributed by atoms with Crippen LogP contribution in [-0.2, 0) is 16.0 Å². The van der Waals surface area contributed by atoms with Crippen molar-refractivity contribution in [3.05, 3.63) is 41.5 Å². The van der Waals surface area contributed by atoms with E-state index >= 15 is 0 Å². The van der Waals surface area contributed by atoms with Crippen molar-refractivity contribution in [3.8, 4) is 0 Å². The second-order valence-corrected chi connectivity index (χ2v) is 4.14. The number of allylic oxidation sites excluding steroid dienone is 1. The van der Waals surface area contributed by atoms with Gasteiger partial charge in [0.2, 0.25) is 0 Å². The molecule has 1 aromatic rings. The van der Waals surface area contributed by atoms with Crippen molar-refractivity contribution in [2.24, 2.45) is 0 Å². The molecule has 0 aromatic heterocycles. The predicted octanol–water partition coefficient (Wildman–Crippen LogP) is 2.97. The average molecular weight is 216 g/mol. The summed E-state index contributed by atoms with van der Waals surface area (Å²) in [5, 5.41) is 0. The molecule has 3 rings (SSSR count). The van der Waals surface area contributed by atoms with E-state index in [1.165, 1.54) is 11.1 Å². The first-order valence-electron chi connectivity index (χ1n) is 5.69. The maximum absolute atomic E-state index is 10.2. The van der Waals surface area contributed by atoms with E-state index in [1.54, 1.807) is 0 Å². The fourth-order valence-electron chi connectivity index (χ4n) is 1.86. The Hall–Kier alpha value is -1.57. The average Bonchev–Trinajstić information content (AvgIpc) is 2.88. The fourth-order valence-corrected chi connectivity index (χ4v) is 1.86. The van der Waals surface area contributed by atoms with Gasteiger partial charge < -0.3 is 4.74 Å². The zero-order valence-electron chi connectivity index (χ0n) is 9.48. The van der Waals surface area contributed by atoms with E-state index < -0.39 is 0 Å². The molecule has 1 aliphatic heterocycles. The van der Waals surface area contributed by atoms with E-state index in [9.17, 15) is 4.79 Å². The topological polar surface area (TPSA) is 26.3 Å². The molecule has 1 aromatic carbocycles. The normalized spacial score (nSPS) is 21.1. The Bertz CT molecular complexity index is 407. The molecule has 0 N–H and O–H groups in total. The summed E-state index contributed by atoms with van der Waals surface area (Å²) in [6, 6.07) is 8.49. The Morgan fingerprint density at radius 3 is 2.69 bits per heavy atom. The zero-order chi connectivity index (χ0) is 11.4. The predicted molar refractivity (Wildman–Crippen MR) is 64.0 cm³/mol. The van der Waals surface area contributed by atoms with Gasteiger partial charge in [-0.2, -0.15) is 0 Å². The van der Waals surface area contributed by atoms with E-state index in [0.717, 1.165) is 12.8 Å². The number of hydrogen-bond donors (Lipinski definition) is 0. The Kier molecular flexibility index (Phi) is 3.40. The molecule has 1 heterocycles. The lowest BCUT2D eigenvalue weighted by molar-refractivity contribution is -0.140. The second kappa shape index (κ2) is 4.97. The quantitative estimate of drug-likeness (QED) is 0.623. The van der Waals surface area contributed by atoms with Gasteiger partial charge in [-0.15, -0.1) is 0 Å². The Morgan fingerprint density at radius 1 is 1.31 bits per heavy atom. The first kappa shape index (κ1) is 10.9. The lowest BCUT2D eigenvalue weighted by Gasteiger charge is -1.95. The molecule has 1 atom stereocenters. The fraction of sp³-hybridized carbons (Fsp3) is 0.357. The van der Waals surface area contributed by atoms with Crippen molar-refractivity contribution in [2.45, 2.75) is 32.3 Å². The van der Waals surface area contributed by atoms with Crippen molar-refractivity contribution in [2.75, 3.05) is 0 Å². The molecular formula is C14H16O2. The monoisotopic (exact) mass is 216 g/mol. The van der Waals surface area contributed by atoms with Crippen LogP contribution in [0.4, 0.5) is 0 Å². The first-order chi connectivity index (χ1) is 7.75. The number of ether oxygens (including phenoxy) is 1. The van der Waals surface area contributed by atoms with Gasteiger partial charge in [-0.25, -0.2) is 0 Å². The van der Waals surface area contributed by atoms with Crippen LogP contribution in [0.25, 0.3) is 6.08 Å². The maximum atomic E-state index is 10.2. The molecule has 1 fully saturated rings. The number of carbonyl (C=O) groups excluding carboxylic acids is 1. The highest BCUT2D eigenvalue weighted by Gasteiger charge is 2.17. The van der Waals surface area contributed by atoms with Gasteiger partial charge in [0.1, 0.15) is 0 Å². The third-order valence-electron chi connectivity index (χ3n) is 2.78. The van der Waals surface area contributed by atoms with Crippen molar-refractivity contribution in [1.29, 1.82) is 0 Å². The lowest BCUT2D eigenvalue weighted by atomic mass is 10.1. The molecular weight excluding hydrogens is 200 g/mol. The Morgan fingerprint density at radius 2 is 2.12 bits per heavy atom. The zero-order valence-corrected chi connectivity index (χ0v) is 9.48. The number of cyclic esters (lactones) is 1. The molecule has 0 amide bonds. The number of rotatable bonds is 0. The molecule has 16 heavy (non-hydrogen) atoms. The van der Waals surface area contributed by atoms with Crippen LogP contribution in [0.15, 0.2) is 30.3 Å². The third kappa shape index (κ3) is 2.72. The van der Waals surface area contributed by atoms with Gasteiger partial charge in [-0.05, 0) is 30.9 Å². The summed E-state index contributed by atoms with van der Waals surface area (Å²) in [6.07, 6.45) is 7.18. The van der Waals surface area contributed by atoms with Crippen molar-refractivity contribution >= 4 is 12.0 Å². The minimum absolute atomic E-state index is 0.0486. The largest absolute Gasteiger partial charge is 0.463 e. The summed E-state index contributed by atoms with van der Waals surface area (Å²) in [5.74, 6) is -0.0486. The van der Waals surface area contributed by atoms with Gasteiger partial charge in [0.05, 0.1) is 6.10 Å². The second-order valence-electron chi connectivity index (χ2n) is 4.14. The highest BCUT2D eigenvalue weighted by Crippen LogP contribution is 2.17. The summed E-state index contributed by atoms with van der Waals surface area (Å²) < 4.78 is 4.72. The number of carbonyl (C=O) groups is 1. The van der Waals surface area contributed by atoms with E-state index in [2.05, 4.69) is 36.4 Å². The summed E-state index contributed by atoms with van der Waals surface area (Å²) in [7, 11) is 0.